The van der Waals surface area contributed by atoms with Crippen LogP contribution in [0.3, 0.4) is 0 Å². The molecule has 0 amide bonds. The van der Waals surface area contributed by atoms with Crippen LogP contribution in [0, 0.1) is 16.7 Å². The molecule has 0 aromatic heterocycles. The number of rotatable bonds is 5. The maximum absolute atomic E-state index is 6.16. The number of hydrogen-bond acceptors (Lipinski definition) is 2. The highest BCUT2D eigenvalue weighted by atomic mass is 28.3. The molecule has 0 heterocycles. The van der Waals surface area contributed by atoms with Crippen LogP contribution < -0.4 is 0 Å². The summed E-state index contributed by atoms with van der Waals surface area (Å²) in [5.41, 5.74) is 0.593. The van der Waals surface area contributed by atoms with Crippen LogP contribution in [-0.2, 0) is 8.85 Å². The lowest BCUT2D eigenvalue weighted by Gasteiger charge is -2.63. The Kier molecular flexibility index (Phi) is 5.31. The summed E-state index contributed by atoms with van der Waals surface area (Å²) in [6.07, 6.45) is 2.60. The van der Waals surface area contributed by atoms with Crippen LogP contribution >= 0.6 is 0 Å². The Balaban J connectivity index is 3.13. The Hall–Kier alpha value is 0.137. The van der Waals surface area contributed by atoms with Crippen molar-refractivity contribution in [2.75, 3.05) is 13.2 Å². The predicted octanol–water partition coefficient (Wildman–Crippen LogP) is 4.52. The minimum atomic E-state index is -1.66. The molecule has 2 atom stereocenters. The molecule has 0 aromatic carbocycles. The highest BCUT2D eigenvalue weighted by Crippen LogP contribution is 2.70. The Labute approximate surface area is 122 Å². The van der Waals surface area contributed by atoms with Gasteiger partial charge in [-0.25, -0.2) is 0 Å². The summed E-state index contributed by atoms with van der Waals surface area (Å²) in [5, 5.41) is 0.275. The third-order valence-corrected chi connectivity index (χ3v) is 8.64. The molecule has 1 fully saturated rings. The summed E-state index contributed by atoms with van der Waals surface area (Å²) < 4.78 is 12.3. The van der Waals surface area contributed by atoms with Crippen LogP contribution in [0.25, 0.3) is 0 Å². The van der Waals surface area contributed by atoms with Gasteiger partial charge < -0.3 is 8.85 Å². The van der Waals surface area contributed by atoms with Crippen molar-refractivity contribution in [1.29, 1.82) is 0 Å². The van der Waals surface area contributed by atoms with Crippen LogP contribution in [0.5, 0.6) is 0 Å². The van der Waals surface area contributed by atoms with E-state index in [1.54, 1.807) is 0 Å². The van der Waals surface area contributed by atoms with Gasteiger partial charge in [-0.1, -0.05) is 41.5 Å². The lowest BCUT2D eigenvalue weighted by Crippen LogP contribution is -2.59. The Morgan fingerprint density at radius 3 is 1.68 bits per heavy atom. The van der Waals surface area contributed by atoms with Crippen molar-refractivity contribution in [3.63, 3.8) is 0 Å². The van der Waals surface area contributed by atoms with Gasteiger partial charge in [-0.3, -0.25) is 0 Å². The van der Waals surface area contributed by atoms with Crippen molar-refractivity contribution in [1.82, 2.24) is 0 Å². The Morgan fingerprint density at radius 1 is 1.00 bits per heavy atom. The van der Waals surface area contributed by atoms with Crippen molar-refractivity contribution < 1.29 is 8.85 Å². The molecule has 1 saturated carbocycles. The third-order valence-electron chi connectivity index (χ3n) is 4.97. The minimum Gasteiger partial charge on any atom is -0.396 e. The maximum atomic E-state index is 6.16. The Morgan fingerprint density at radius 2 is 1.47 bits per heavy atom. The van der Waals surface area contributed by atoms with E-state index in [0.29, 0.717) is 5.41 Å². The summed E-state index contributed by atoms with van der Waals surface area (Å²) in [7, 11) is -1.66. The third kappa shape index (κ3) is 3.08. The average molecular weight is 287 g/mol. The van der Waals surface area contributed by atoms with E-state index in [1.165, 1.54) is 12.8 Å². The van der Waals surface area contributed by atoms with Crippen molar-refractivity contribution in [3.8, 4) is 0 Å². The molecule has 0 aliphatic heterocycles. The van der Waals surface area contributed by atoms with E-state index < -0.39 is 9.28 Å². The molecule has 0 spiro atoms. The molecule has 1 rings (SSSR count). The maximum Gasteiger partial charge on any atom is 0.328 e. The molecule has 0 bridgehead atoms. The minimum absolute atomic E-state index is 0.254. The first kappa shape index (κ1) is 17.2. The first-order valence-electron chi connectivity index (χ1n) is 7.84. The van der Waals surface area contributed by atoms with Gasteiger partial charge in [0.25, 0.3) is 0 Å². The summed E-state index contributed by atoms with van der Waals surface area (Å²) in [4.78, 5) is 0. The molecular formula is C16H34O2Si. The average Bonchev–Trinajstić information content (AvgIpc) is 2.11. The smallest absolute Gasteiger partial charge is 0.328 e. The van der Waals surface area contributed by atoms with Crippen LogP contribution in [0.1, 0.15) is 68.2 Å². The van der Waals surface area contributed by atoms with Crippen LogP contribution in [-0.4, -0.2) is 22.5 Å². The van der Waals surface area contributed by atoms with E-state index in [2.05, 4.69) is 55.4 Å². The highest BCUT2D eigenvalue weighted by molar-refractivity contribution is 6.49. The van der Waals surface area contributed by atoms with E-state index in [4.69, 9.17) is 8.85 Å². The van der Waals surface area contributed by atoms with E-state index >= 15 is 0 Å². The van der Waals surface area contributed by atoms with Gasteiger partial charge in [0, 0.05) is 18.3 Å². The lowest BCUT2D eigenvalue weighted by molar-refractivity contribution is -0.0337. The SMILES string of the molecule is CCO[SiH](OCC)C1(C(C)(C)C)CCC1C(C)(C)C. The fraction of sp³-hybridized carbons (Fsp3) is 1.00. The van der Waals surface area contributed by atoms with Gasteiger partial charge >= 0.3 is 9.28 Å². The molecule has 19 heavy (non-hydrogen) atoms. The van der Waals surface area contributed by atoms with Gasteiger partial charge in [-0.2, -0.15) is 0 Å². The summed E-state index contributed by atoms with van der Waals surface area (Å²) >= 11 is 0. The number of hydrogen-bond donors (Lipinski definition) is 0. The second kappa shape index (κ2) is 5.86. The second-order valence-corrected chi connectivity index (χ2v) is 10.4. The van der Waals surface area contributed by atoms with Crippen molar-refractivity contribution in [2.24, 2.45) is 16.7 Å². The van der Waals surface area contributed by atoms with Crippen LogP contribution in [0.2, 0.25) is 5.04 Å². The fourth-order valence-corrected chi connectivity index (χ4v) is 7.39. The van der Waals surface area contributed by atoms with Gasteiger partial charge in [0.1, 0.15) is 0 Å². The van der Waals surface area contributed by atoms with Gasteiger partial charge in [-0.15, -0.1) is 0 Å². The summed E-state index contributed by atoms with van der Waals surface area (Å²) in [6.45, 7) is 20.0. The zero-order chi connectivity index (χ0) is 14.9. The fourth-order valence-electron chi connectivity index (χ4n) is 3.99. The molecule has 0 radical (unpaired) electrons. The molecule has 2 unspecified atom stereocenters. The van der Waals surface area contributed by atoms with E-state index in [0.717, 1.165) is 19.1 Å². The van der Waals surface area contributed by atoms with Gasteiger partial charge in [0.05, 0.1) is 0 Å². The summed E-state index contributed by atoms with van der Waals surface area (Å²) in [5.74, 6) is 0.717. The highest BCUT2D eigenvalue weighted by Gasteiger charge is 2.63. The normalized spacial score (nSPS) is 28.6. The van der Waals surface area contributed by atoms with Gasteiger partial charge in [0.15, 0.2) is 0 Å². The molecule has 0 saturated heterocycles. The first-order chi connectivity index (χ1) is 8.61. The largest absolute Gasteiger partial charge is 0.396 e. The van der Waals surface area contributed by atoms with Gasteiger partial charge in [-0.05, 0) is 43.4 Å². The predicted molar refractivity (Wildman–Crippen MR) is 84.7 cm³/mol. The van der Waals surface area contributed by atoms with Crippen molar-refractivity contribution in [3.05, 3.63) is 0 Å². The second-order valence-electron chi connectivity index (χ2n) is 7.99. The molecule has 3 heteroatoms. The van der Waals surface area contributed by atoms with Crippen LogP contribution in [0.4, 0.5) is 0 Å². The van der Waals surface area contributed by atoms with E-state index in [9.17, 15) is 0 Å². The van der Waals surface area contributed by atoms with E-state index in [1.807, 2.05) is 0 Å². The standard InChI is InChI=1S/C16H34O2Si/c1-9-17-19(18-10-2)16(15(6,7)8)12-11-13(16)14(3,4)5/h13,19H,9-12H2,1-8H3. The zero-order valence-electron chi connectivity index (χ0n) is 14.3. The molecule has 114 valence electrons. The quantitative estimate of drug-likeness (QED) is 0.692. The van der Waals surface area contributed by atoms with Crippen LogP contribution in [0.15, 0.2) is 0 Å². The molecule has 0 N–H and O–H groups in total. The Bertz CT molecular complexity index is 284. The van der Waals surface area contributed by atoms with Crippen molar-refractivity contribution >= 4 is 9.28 Å². The van der Waals surface area contributed by atoms with E-state index in [-0.39, 0.29) is 10.5 Å². The monoisotopic (exact) mass is 286 g/mol. The summed E-state index contributed by atoms with van der Waals surface area (Å²) in [6, 6.07) is 0. The first-order valence-corrected chi connectivity index (χ1v) is 9.36. The zero-order valence-corrected chi connectivity index (χ0v) is 15.5. The van der Waals surface area contributed by atoms with Gasteiger partial charge in [0.2, 0.25) is 0 Å². The topological polar surface area (TPSA) is 18.5 Å². The molecular weight excluding hydrogens is 252 g/mol. The molecule has 0 aromatic rings. The molecule has 1 aliphatic carbocycles. The van der Waals surface area contributed by atoms with Crippen molar-refractivity contribution in [2.45, 2.75) is 73.3 Å². The lowest BCUT2D eigenvalue weighted by atomic mass is 9.53. The molecule has 1 aliphatic rings. The molecule has 2 nitrogen and oxygen atoms in total.